The van der Waals surface area contributed by atoms with Gasteiger partial charge in [0.1, 0.15) is 6.54 Å². The van der Waals surface area contributed by atoms with Crippen molar-refractivity contribution < 1.29 is 21.5 Å². The van der Waals surface area contributed by atoms with Gasteiger partial charge in [0.15, 0.2) is 12.4 Å². The van der Waals surface area contributed by atoms with Crippen molar-refractivity contribution in [2.75, 3.05) is 5.73 Å². The molecule has 0 unspecified atom stereocenters. The second kappa shape index (κ2) is 7.80. The second-order valence-electron chi connectivity index (χ2n) is 3.43. The summed E-state index contributed by atoms with van der Waals surface area (Å²) in [5.41, 5.74) is 6.43. The van der Waals surface area contributed by atoms with E-state index in [2.05, 4.69) is 11.5 Å². The molecule has 0 bridgehead atoms. The minimum Gasteiger partial charge on any atom is -1.00 e. The highest BCUT2D eigenvalue weighted by Crippen LogP contribution is 1.99. The van der Waals surface area contributed by atoms with Gasteiger partial charge in [-0.3, -0.25) is 0 Å². The summed E-state index contributed by atoms with van der Waals surface area (Å²) in [6.45, 7) is 3.34. The average Bonchev–Trinajstić information content (AvgIpc) is 2.15. The van der Waals surface area contributed by atoms with Crippen LogP contribution in [0.5, 0.6) is 0 Å². The van der Waals surface area contributed by atoms with Crippen molar-refractivity contribution in [2.45, 2.75) is 39.2 Å². The fraction of sp³-hybridized carbons (Fsp3) is 0.545. The summed E-state index contributed by atoms with van der Waals surface area (Å²) in [5, 5.41) is 0. The van der Waals surface area contributed by atoms with Crippen LogP contribution in [0.15, 0.2) is 24.5 Å². The highest BCUT2D eigenvalue weighted by molar-refractivity contribution is 5.32. The Balaban J connectivity index is 0.00000169. The normalized spacial score (nSPS) is 9.50. The molecule has 0 aliphatic rings. The van der Waals surface area contributed by atoms with Crippen molar-refractivity contribution in [2.24, 2.45) is 0 Å². The fourth-order valence-electron chi connectivity index (χ4n) is 1.34. The van der Waals surface area contributed by atoms with Crippen molar-refractivity contribution >= 4 is 5.69 Å². The average molecular weight is 259 g/mol. The number of nitrogens with zero attached hydrogens (tertiary/aromatic N) is 1. The lowest BCUT2D eigenvalue weighted by Gasteiger charge is -1.97. The predicted molar refractivity (Wildman–Crippen MR) is 55.2 cm³/mol. The summed E-state index contributed by atoms with van der Waals surface area (Å²) in [6, 6.07) is 3.89. The van der Waals surface area contributed by atoms with E-state index >= 15 is 0 Å². The van der Waals surface area contributed by atoms with Crippen molar-refractivity contribution in [1.82, 2.24) is 0 Å². The number of halogens is 1. The van der Waals surface area contributed by atoms with E-state index in [-0.39, 0.29) is 17.0 Å². The topological polar surface area (TPSA) is 29.9 Å². The van der Waals surface area contributed by atoms with Crippen LogP contribution in [0.2, 0.25) is 0 Å². The lowest BCUT2D eigenvalue weighted by atomic mass is 10.2. The van der Waals surface area contributed by atoms with Crippen LogP contribution in [0.3, 0.4) is 0 Å². The van der Waals surface area contributed by atoms with Crippen LogP contribution < -0.4 is 27.3 Å². The molecule has 14 heavy (non-hydrogen) atoms. The van der Waals surface area contributed by atoms with E-state index in [1.54, 1.807) is 0 Å². The summed E-state index contributed by atoms with van der Waals surface area (Å²) >= 11 is 0. The van der Waals surface area contributed by atoms with Crippen molar-refractivity contribution in [3.63, 3.8) is 0 Å². The summed E-state index contributed by atoms with van der Waals surface area (Å²) in [6.07, 6.45) is 9.32. The van der Waals surface area contributed by atoms with Crippen LogP contribution in [0.25, 0.3) is 0 Å². The Morgan fingerprint density at radius 3 is 2.36 bits per heavy atom. The third-order valence-electron chi connectivity index (χ3n) is 2.19. The lowest BCUT2D eigenvalue weighted by Crippen LogP contribution is -3.00. The SMILES string of the molecule is CCCCCC[n+]1ccc(N)cc1.[Br-]. The highest BCUT2D eigenvalue weighted by atomic mass is 79.9. The number of nitrogens with two attached hydrogens (primary N) is 1. The Morgan fingerprint density at radius 1 is 1.14 bits per heavy atom. The van der Waals surface area contributed by atoms with Gasteiger partial charge in [0.05, 0.1) is 0 Å². The van der Waals surface area contributed by atoms with E-state index < -0.39 is 0 Å². The first kappa shape index (κ1) is 13.4. The Morgan fingerprint density at radius 2 is 1.79 bits per heavy atom. The first-order valence-electron chi connectivity index (χ1n) is 5.07. The molecular formula is C11H19BrN2. The molecule has 1 aromatic rings. The molecule has 0 fully saturated rings. The molecule has 1 heterocycles. The zero-order valence-electron chi connectivity index (χ0n) is 8.75. The Hall–Kier alpha value is -0.570. The van der Waals surface area contributed by atoms with Gasteiger partial charge in [0.2, 0.25) is 0 Å². The predicted octanol–water partition coefficient (Wildman–Crippen LogP) is -0.859. The minimum atomic E-state index is 0. The van der Waals surface area contributed by atoms with Gasteiger partial charge >= 0.3 is 0 Å². The molecule has 3 heteroatoms. The van der Waals surface area contributed by atoms with Crippen LogP contribution in [-0.4, -0.2) is 0 Å². The van der Waals surface area contributed by atoms with Gasteiger partial charge in [-0.1, -0.05) is 19.8 Å². The fourth-order valence-corrected chi connectivity index (χ4v) is 1.34. The third-order valence-corrected chi connectivity index (χ3v) is 2.19. The second-order valence-corrected chi connectivity index (χ2v) is 3.43. The molecule has 0 spiro atoms. The molecule has 0 aromatic carbocycles. The van der Waals surface area contributed by atoms with Gasteiger partial charge < -0.3 is 22.7 Å². The van der Waals surface area contributed by atoms with E-state index in [0.717, 1.165) is 12.2 Å². The van der Waals surface area contributed by atoms with Crippen molar-refractivity contribution in [1.29, 1.82) is 0 Å². The third kappa shape index (κ3) is 5.22. The number of hydrogen-bond acceptors (Lipinski definition) is 1. The number of anilines is 1. The van der Waals surface area contributed by atoms with Gasteiger partial charge in [-0.15, -0.1) is 0 Å². The van der Waals surface area contributed by atoms with Gasteiger partial charge in [0, 0.05) is 24.2 Å². The molecule has 0 amide bonds. The molecule has 0 atom stereocenters. The van der Waals surface area contributed by atoms with Crippen LogP contribution in [0, 0.1) is 0 Å². The molecule has 0 saturated heterocycles. The quantitative estimate of drug-likeness (QED) is 0.541. The standard InChI is InChI=1S/C11H18N2.BrH/c1-2-3-4-5-8-13-9-6-11(12)7-10-13;/h6-7,9-10,12H,2-5,8H2,1H3;1H. The molecule has 1 rings (SSSR count). The summed E-state index contributed by atoms with van der Waals surface area (Å²) in [5.74, 6) is 0. The number of aromatic nitrogens is 1. The lowest BCUT2D eigenvalue weighted by molar-refractivity contribution is -0.697. The number of unbranched alkanes of at least 4 members (excludes halogenated alkanes) is 3. The smallest absolute Gasteiger partial charge is 0.170 e. The Labute approximate surface area is 96.9 Å². The van der Waals surface area contributed by atoms with E-state index in [9.17, 15) is 0 Å². The zero-order chi connectivity index (χ0) is 9.52. The van der Waals surface area contributed by atoms with E-state index in [4.69, 9.17) is 5.73 Å². The van der Waals surface area contributed by atoms with Crippen LogP contribution in [0.4, 0.5) is 5.69 Å². The van der Waals surface area contributed by atoms with Gasteiger partial charge in [-0.05, 0) is 6.42 Å². The van der Waals surface area contributed by atoms with Crippen LogP contribution in [-0.2, 0) is 6.54 Å². The summed E-state index contributed by atoms with van der Waals surface area (Å²) in [7, 11) is 0. The van der Waals surface area contributed by atoms with Crippen LogP contribution in [0.1, 0.15) is 32.6 Å². The molecule has 2 N–H and O–H groups in total. The Bertz CT molecular complexity index is 234. The molecule has 0 aliphatic heterocycles. The van der Waals surface area contributed by atoms with Gasteiger partial charge in [-0.2, -0.15) is 0 Å². The van der Waals surface area contributed by atoms with Crippen molar-refractivity contribution in [3.8, 4) is 0 Å². The number of pyridine rings is 1. The summed E-state index contributed by atoms with van der Waals surface area (Å²) in [4.78, 5) is 0. The molecule has 0 radical (unpaired) electrons. The maximum absolute atomic E-state index is 5.59. The maximum atomic E-state index is 5.59. The van der Waals surface area contributed by atoms with E-state index in [0.29, 0.717) is 0 Å². The monoisotopic (exact) mass is 258 g/mol. The van der Waals surface area contributed by atoms with Crippen LogP contribution >= 0.6 is 0 Å². The maximum Gasteiger partial charge on any atom is 0.170 e. The number of rotatable bonds is 5. The largest absolute Gasteiger partial charge is 1.00 e. The number of hydrogen-bond donors (Lipinski definition) is 1. The zero-order valence-corrected chi connectivity index (χ0v) is 10.3. The van der Waals surface area contributed by atoms with Gasteiger partial charge in [-0.25, -0.2) is 4.57 Å². The van der Waals surface area contributed by atoms with E-state index in [1.165, 1.54) is 25.7 Å². The first-order valence-corrected chi connectivity index (χ1v) is 5.07. The van der Waals surface area contributed by atoms with Crippen molar-refractivity contribution in [3.05, 3.63) is 24.5 Å². The van der Waals surface area contributed by atoms with Gasteiger partial charge in [0.25, 0.3) is 0 Å². The Kier molecular flexibility index (Phi) is 7.48. The first-order chi connectivity index (χ1) is 6.33. The number of nitrogen functional groups attached to an aromatic ring is 1. The minimum absolute atomic E-state index is 0. The molecule has 2 nitrogen and oxygen atoms in total. The number of aryl methyl sites for hydroxylation is 1. The highest BCUT2D eigenvalue weighted by Gasteiger charge is 1.98. The molecule has 0 aliphatic carbocycles. The molecule has 0 saturated carbocycles. The molecule has 80 valence electrons. The summed E-state index contributed by atoms with van der Waals surface area (Å²) < 4.78 is 2.19. The molecule has 1 aromatic heterocycles. The van der Waals surface area contributed by atoms with E-state index in [1.807, 2.05) is 24.5 Å². The molecular weight excluding hydrogens is 240 g/mol.